The summed E-state index contributed by atoms with van der Waals surface area (Å²) < 4.78 is 4.91. The lowest BCUT2D eigenvalue weighted by molar-refractivity contribution is -0.139. The van der Waals surface area contributed by atoms with E-state index in [0.717, 1.165) is 28.7 Å². The minimum atomic E-state index is -0.275. The van der Waals surface area contributed by atoms with Gasteiger partial charge in [-0.25, -0.2) is 0 Å². The Hall–Kier alpha value is -1.64. The molecule has 0 amide bonds. The van der Waals surface area contributed by atoms with Gasteiger partial charge in [-0.1, -0.05) is 22.8 Å². The van der Waals surface area contributed by atoms with Gasteiger partial charge < -0.3 is 4.74 Å². The van der Waals surface area contributed by atoms with Crippen LogP contribution in [0.1, 0.15) is 47.5 Å². The van der Waals surface area contributed by atoms with Crippen LogP contribution in [0.25, 0.3) is 0 Å². The third-order valence-electron chi connectivity index (χ3n) is 3.40. The molecule has 0 radical (unpaired) electrons. The van der Waals surface area contributed by atoms with Gasteiger partial charge in [-0.05, 0) is 40.2 Å². The van der Waals surface area contributed by atoms with Crippen molar-refractivity contribution in [3.63, 3.8) is 0 Å². The standard InChI is InChI=1S/C17H24O3/c1-11(2)17-15(9-13(4)10-16(17)19)8-12(3)6-7-20-14(5)18/h6,9,15H,7-8,10H2,1-5H3. The number of allylic oxidation sites excluding steroid dienone is 5. The van der Waals surface area contributed by atoms with Gasteiger partial charge in [0.15, 0.2) is 5.78 Å². The van der Waals surface area contributed by atoms with E-state index in [1.807, 2.05) is 33.8 Å². The summed E-state index contributed by atoms with van der Waals surface area (Å²) in [6.45, 7) is 9.70. The number of ether oxygens (including phenoxy) is 1. The average molecular weight is 276 g/mol. The Morgan fingerprint density at radius 1 is 1.35 bits per heavy atom. The Kier molecular flexibility index (Phi) is 5.93. The first-order valence-corrected chi connectivity index (χ1v) is 6.98. The lowest BCUT2D eigenvalue weighted by Gasteiger charge is -2.24. The molecule has 1 aliphatic carbocycles. The molecule has 0 aromatic carbocycles. The van der Waals surface area contributed by atoms with Crippen molar-refractivity contribution in [2.75, 3.05) is 6.61 Å². The molecule has 1 aliphatic rings. The molecule has 0 aromatic rings. The normalized spacial score (nSPS) is 19.8. The van der Waals surface area contributed by atoms with Crippen LogP contribution in [0.15, 0.2) is 34.4 Å². The van der Waals surface area contributed by atoms with E-state index in [4.69, 9.17) is 4.74 Å². The second kappa shape index (κ2) is 7.22. The summed E-state index contributed by atoms with van der Waals surface area (Å²) in [5.41, 5.74) is 4.30. The largest absolute Gasteiger partial charge is 0.462 e. The number of rotatable bonds is 4. The first kappa shape index (κ1) is 16.4. The molecule has 1 rings (SSSR count). The molecule has 1 unspecified atom stereocenters. The zero-order valence-electron chi connectivity index (χ0n) is 13.1. The summed E-state index contributed by atoms with van der Waals surface area (Å²) >= 11 is 0. The summed E-state index contributed by atoms with van der Waals surface area (Å²) in [6, 6.07) is 0. The van der Waals surface area contributed by atoms with E-state index in [1.54, 1.807) is 0 Å². The van der Waals surface area contributed by atoms with E-state index in [2.05, 4.69) is 6.08 Å². The van der Waals surface area contributed by atoms with Crippen molar-refractivity contribution in [1.82, 2.24) is 0 Å². The molecular weight excluding hydrogens is 252 g/mol. The molecule has 0 aliphatic heterocycles. The zero-order valence-corrected chi connectivity index (χ0v) is 13.1. The van der Waals surface area contributed by atoms with Crippen LogP contribution in [0, 0.1) is 5.92 Å². The predicted octanol–water partition coefficient (Wildman–Crippen LogP) is 3.76. The van der Waals surface area contributed by atoms with Crippen molar-refractivity contribution < 1.29 is 14.3 Å². The molecule has 0 heterocycles. The van der Waals surface area contributed by atoms with Gasteiger partial charge in [0.05, 0.1) is 0 Å². The molecule has 0 spiro atoms. The van der Waals surface area contributed by atoms with Gasteiger partial charge in [0.1, 0.15) is 6.61 Å². The minimum Gasteiger partial charge on any atom is -0.462 e. The highest BCUT2D eigenvalue weighted by Gasteiger charge is 2.25. The molecule has 0 fully saturated rings. The first-order chi connectivity index (χ1) is 9.31. The van der Waals surface area contributed by atoms with Crippen LogP contribution >= 0.6 is 0 Å². The average Bonchev–Trinajstić information content (AvgIpc) is 2.26. The molecule has 0 aromatic heterocycles. The second-order valence-corrected chi connectivity index (χ2v) is 5.69. The van der Waals surface area contributed by atoms with Crippen LogP contribution < -0.4 is 0 Å². The van der Waals surface area contributed by atoms with Crippen LogP contribution in [0.2, 0.25) is 0 Å². The molecule has 110 valence electrons. The van der Waals surface area contributed by atoms with Gasteiger partial charge in [0.2, 0.25) is 0 Å². The summed E-state index contributed by atoms with van der Waals surface area (Å²) in [5.74, 6) is 0.111. The monoisotopic (exact) mass is 276 g/mol. The van der Waals surface area contributed by atoms with E-state index in [0.29, 0.717) is 13.0 Å². The van der Waals surface area contributed by atoms with Crippen molar-refractivity contribution in [2.45, 2.75) is 47.5 Å². The smallest absolute Gasteiger partial charge is 0.302 e. The third-order valence-corrected chi connectivity index (χ3v) is 3.40. The SMILES string of the molecule is CC(=O)OCC=C(C)CC1C=C(C)CC(=O)C1=C(C)C. The van der Waals surface area contributed by atoms with E-state index in [9.17, 15) is 9.59 Å². The molecule has 3 nitrogen and oxygen atoms in total. The fraction of sp³-hybridized carbons (Fsp3) is 0.529. The van der Waals surface area contributed by atoms with Crippen molar-refractivity contribution in [1.29, 1.82) is 0 Å². The molecule has 20 heavy (non-hydrogen) atoms. The Morgan fingerprint density at radius 2 is 2.00 bits per heavy atom. The Balaban J connectivity index is 2.82. The molecule has 1 atom stereocenters. The predicted molar refractivity (Wildman–Crippen MR) is 80.3 cm³/mol. The number of hydrogen-bond donors (Lipinski definition) is 0. The van der Waals surface area contributed by atoms with E-state index in [-0.39, 0.29) is 17.7 Å². The number of carbonyl (C=O) groups is 2. The van der Waals surface area contributed by atoms with Crippen molar-refractivity contribution >= 4 is 11.8 Å². The number of carbonyl (C=O) groups excluding carboxylic acids is 2. The van der Waals surface area contributed by atoms with Crippen LogP contribution in [-0.2, 0) is 14.3 Å². The highest BCUT2D eigenvalue weighted by Crippen LogP contribution is 2.32. The van der Waals surface area contributed by atoms with Crippen LogP contribution in [0.5, 0.6) is 0 Å². The van der Waals surface area contributed by atoms with E-state index < -0.39 is 0 Å². The van der Waals surface area contributed by atoms with Crippen molar-refractivity contribution in [3.05, 3.63) is 34.4 Å². The van der Waals surface area contributed by atoms with Crippen LogP contribution in [-0.4, -0.2) is 18.4 Å². The highest BCUT2D eigenvalue weighted by atomic mass is 16.5. The Morgan fingerprint density at radius 3 is 2.55 bits per heavy atom. The van der Waals surface area contributed by atoms with Gasteiger partial charge >= 0.3 is 5.97 Å². The molecule has 0 saturated heterocycles. The number of ketones is 1. The zero-order chi connectivity index (χ0) is 15.3. The maximum absolute atomic E-state index is 12.2. The lowest BCUT2D eigenvalue weighted by Crippen LogP contribution is -2.19. The topological polar surface area (TPSA) is 43.4 Å². The minimum absolute atomic E-state index is 0.148. The fourth-order valence-corrected chi connectivity index (χ4v) is 2.58. The summed E-state index contributed by atoms with van der Waals surface area (Å²) in [7, 11) is 0. The quantitative estimate of drug-likeness (QED) is 0.446. The number of hydrogen-bond acceptors (Lipinski definition) is 3. The molecule has 0 N–H and O–H groups in total. The highest BCUT2D eigenvalue weighted by molar-refractivity contribution is 5.99. The van der Waals surface area contributed by atoms with Crippen molar-refractivity contribution in [3.8, 4) is 0 Å². The number of Topliss-reactive ketones (excluding diaryl/α,β-unsaturated/α-hetero) is 1. The Labute approximate surface area is 121 Å². The molecule has 3 heteroatoms. The van der Waals surface area contributed by atoms with Crippen molar-refractivity contribution in [2.24, 2.45) is 5.92 Å². The first-order valence-electron chi connectivity index (χ1n) is 6.98. The Bertz CT molecular complexity index is 488. The lowest BCUT2D eigenvalue weighted by atomic mass is 9.80. The molecule has 0 bridgehead atoms. The summed E-state index contributed by atoms with van der Waals surface area (Å²) in [6.07, 6.45) is 5.43. The van der Waals surface area contributed by atoms with E-state index in [1.165, 1.54) is 6.92 Å². The molecular formula is C17H24O3. The maximum Gasteiger partial charge on any atom is 0.302 e. The van der Waals surface area contributed by atoms with Gasteiger partial charge in [-0.15, -0.1) is 0 Å². The van der Waals surface area contributed by atoms with Gasteiger partial charge in [0.25, 0.3) is 0 Å². The summed E-state index contributed by atoms with van der Waals surface area (Å²) in [4.78, 5) is 22.9. The van der Waals surface area contributed by atoms with Gasteiger partial charge in [-0.3, -0.25) is 9.59 Å². The van der Waals surface area contributed by atoms with Crippen LogP contribution in [0.4, 0.5) is 0 Å². The van der Waals surface area contributed by atoms with Gasteiger partial charge in [0, 0.05) is 24.8 Å². The van der Waals surface area contributed by atoms with Crippen LogP contribution in [0.3, 0.4) is 0 Å². The summed E-state index contributed by atoms with van der Waals surface area (Å²) in [5, 5.41) is 0. The second-order valence-electron chi connectivity index (χ2n) is 5.69. The maximum atomic E-state index is 12.2. The van der Waals surface area contributed by atoms with E-state index >= 15 is 0 Å². The number of esters is 1. The fourth-order valence-electron chi connectivity index (χ4n) is 2.58. The molecule has 0 saturated carbocycles. The third kappa shape index (κ3) is 4.80. The van der Waals surface area contributed by atoms with Gasteiger partial charge in [-0.2, -0.15) is 0 Å².